The molecule has 39 heavy (non-hydrogen) atoms. The number of nitrogens with zero attached hydrogens (tertiary/aromatic N) is 1. The monoisotopic (exact) mass is 550 g/mol. The summed E-state index contributed by atoms with van der Waals surface area (Å²) < 4.78 is 16.6. The average molecular weight is 551 g/mol. The average Bonchev–Trinajstić information content (AvgIpc) is 2.93. The molecular formula is C28H27ClN4O6. The number of halogens is 1. The van der Waals surface area contributed by atoms with Crippen LogP contribution in [0.25, 0.3) is 0 Å². The normalized spacial score (nSPS) is 10.4. The van der Waals surface area contributed by atoms with Gasteiger partial charge in [-0.1, -0.05) is 42.5 Å². The Kier molecular flexibility index (Phi) is 10.9. The number of rotatable bonds is 12. The molecule has 202 valence electrons. The standard InChI is InChI=1S/C28H27ClN4O6/c1-3-14-38-22-12-10-21(11-13-22)32-27(35)28(36)33-30-17-19-15-23(29)26(24(16-19)37-4-2)39-18-25(34)31-20-8-6-5-7-9-20/h3,5-13,15-17H,1,4,14,18H2,2H3,(H,31,34)(H,32,35)(H,33,36)/b30-17-. The number of carbonyl (C=O) groups is 3. The van der Waals surface area contributed by atoms with Crippen molar-refractivity contribution in [2.75, 3.05) is 30.5 Å². The van der Waals surface area contributed by atoms with Crippen LogP contribution in [0.4, 0.5) is 11.4 Å². The van der Waals surface area contributed by atoms with E-state index in [1.807, 2.05) is 6.07 Å². The number of para-hydroxylation sites is 1. The first-order valence-electron chi connectivity index (χ1n) is 11.8. The molecule has 0 aromatic heterocycles. The molecule has 0 radical (unpaired) electrons. The van der Waals surface area contributed by atoms with Crippen LogP contribution in [0.5, 0.6) is 17.2 Å². The summed E-state index contributed by atoms with van der Waals surface area (Å²) >= 11 is 6.37. The largest absolute Gasteiger partial charge is 0.490 e. The third kappa shape index (κ3) is 9.20. The molecule has 0 heterocycles. The molecule has 0 aliphatic rings. The topological polar surface area (TPSA) is 127 Å². The summed E-state index contributed by atoms with van der Waals surface area (Å²) in [5.74, 6) is -1.19. The molecule has 10 nitrogen and oxygen atoms in total. The van der Waals surface area contributed by atoms with Crippen LogP contribution in [0.3, 0.4) is 0 Å². The molecule has 0 fully saturated rings. The third-order valence-electron chi connectivity index (χ3n) is 4.80. The number of anilines is 2. The number of ether oxygens (including phenoxy) is 3. The van der Waals surface area contributed by atoms with Gasteiger partial charge in [0.1, 0.15) is 12.4 Å². The summed E-state index contributed by atoms with van der Waals surface area (Å²) in [5.41, 5.74) is 3.66. The Morgan fingerprint density at radius 1 is 0.923 bits per heavy atom. The number of hydrazone groups is 1. The Bertz CT molecular complexity index is 1330. The second-order valence-corrected chi connectivity index (χ2v) is 8.15. The lowest BCUT2D eigenvalue weighted by Gasteiger charge is -2.14. The highest BCUT2D eigenvalue weighted by molar-refractivity contribution is 6.39. The van der Waals surface area contributed by atoms with Crippen molar-refractivity contribution < 1.29 is 28.6 Å². The maximum absolute atomic E-state index is 12.2. The van der Waals surface area contributed by atoms with Crippen molar-refractivity contribution in [2.24, 2.45) is 5.10 Å². The van der Waals surface area contributed by atoms with E-state index in [4.69, 9.17) is 25.8 Å². The van der Waals surface area contributed by atoms with E-state index in [0.717, 1.165) is 0 Å². The first-order valence-corrected chi connectivity index (χ1v) is 12.2. The zero-order chi connectivity index (χ0) is 28.0. The van der Waals surface area contributed by atoms with Gasteiger partial charge >= 0.3 is 11.8 Å². The summed E-state index contributed by atoms with van der Waals surface area (Å²) in [4.78, 5) is 36.5. The molecule has 0 spiro atoms. The van der Waals surface area contributed by atoms with Crippen molar-refractivity contribution in [1.29, 1.82) is 0 Å². The maximum atomic E-state index is 12.2. The van der Waals surface area contributed by atoms with Crippen LogP contribution in [0.1, 0.15) is 12.5 Å². The van der Waals surface area contributed by atoms with Crippen molar-refractivity contribution in [3.05, 3.63) is 90.0 Å². The number of carbonyl (C=O) groups excluding carboxylic acids is 3. The van der Waals surface area contributed by atoms with Crippen LogP contribution < -0.4 is 30.3 Å². The van der Waals surface area contributed by atoms with Crippen LogP contribution in [0.15, 0.2) is 84.5 Å². The van der Waals surface area contributed by atoms with Gasteiger partial charge in [0, 0.05) is 11.4 Å². The van der Waals surface area contributed by atoms with Gasteiger partial charge in [-0.15, -0.1) is 0 Å². The van der Waals surface area contributed by atoms with Crippen LogP contribution in [0, 0.1) is 0 Å². The molecule has 0 atom stereocenters. The van der Waals surface area contributed by atoms with Crippen molar-refractivity contribution in [3.8, 4) is 17.2 Å². The fourth-order valence-electron chi connectivity index (χ4n) is 3.12. The van der Waals surface area contributed by atoms with E-state index < -0.39 is 11.8 Å². The van der Waals surface area contributed by atoms with Crippen LogP contribution in [0.2, 0.25) is 5.02 Å². The zero-order valence-corrected chi connectivity index (χ0v) is 21.9. The Morgan fingerprint density at radius 3 is 2.33 bits per heavy atom. The van der Waals surface area contributed by atoms with Gasteiger partial charge in [0.2, 0.25) is 0 Å². The van der Waals surface area contributed by atoms with Crippen LogP contribution in [-0.2, 0) is 14.4 Å². The molecule has 3 N–H and O–H groups in total. The van der Waals surface area contributed by atoms with Gasteiger partial charge in [-0.05, 0) is 61.0 Å². The Hall–Kier alpha value is -4.83. The number of hydrogen-bond acceptors (Lipinski definition) is 7. The molecule has 3 aromatic carbocycles. The highest BCUT2D eigenvalue weighted by atomic mass is 35.5. The third-order valence-corrected chi connectivity index (χ3v) is 5.08. The van der Waals surface area contributed by atoms with Crippen LogP contribution in [-0.4, -0.2) is 43.8 Å². The maximum Gasteiger partial charge on any atom is 0.329 e. The summed E-state index contributed by atoms with van der Waals surface area (Å²) in [7, 11) is 0. The minimum absolute atomic E-state index is 0.166. The summed E-state index contributed by atoms with van der Waals surface area (Å²) in [6, 6.07) is 18.5. The molecule has 0 aliphatic carbocycles. The molecule has 11 heteroatoms. The minimum atomic E-state index is -0.973. The number of hydrogen-bond donors (Lipinski definition) is 3. The van der Waals surface area contributed by atoms with E-state index in [1.54, 1.807) is 67.6 Å². The molecule has 0 aliphatic heterocycles. The minimum Gasteiger partial charge on any atom is -0.490 e. The summed E-state index contributed by atoms with van der Waals surface area (Å²) in [5, 5.41) is 9.16. The van der Waals surface area contributed by atoms with Crippen molar-refractivity contribution in [1.82, 2.24) is 5.43 Å². The van der Waals surface area contributed by atoms with E-state index in [9.17, 15) is 14.4 Å². The fraction of sp³-hybridized carbons (Fsp3) is 0.143. The Morgan fingerprint density at radius 2 is 1.64 bits per heavy atom. The molecule has 0 saturated heterocycles. The summed E-state index contributed by atoms with van der Waals surface area (Å²) in [6.07, 6.45) is 2.90. The smallest absolute Gasteiger partial charge is 0.329 e. The molecule has 3 rings (SSSR count). The Balaban J connectivity index is 1.57. The quantitative estimate of drug-likeness (QED) is 0.133. The van der Waals surface area contributed by atoms with E-state index >= 15 is 0 Å². The molecule has 0 saturated carbocycles. The van der Waals surface area contributed by atoms with Gasteiger partial charge in [-0.25, -0.2) is 5.43 Å². The van der Waals surface area contributed by atoms with Gasteiger partial charge in [-0.3, -0.25) is 14.4 Å². The highest BCUT2D eigenvalue weighted by Crippen LogP contribution is 2.36. The molecule has 0 bridgehead atoms. The van der Waals surface area contributed by atoms with E-state index in [2.05, 4.69) is 27.7 Å². The first-order chi connectivity index (χ1) is 18.9. The second kappa shape index (κ2) is 14.8. The highest BCUT2D eigenvalue weighted by Gasteiger charge is 2.15. The molecule has 3 amide bonds. The van der Waals surface area contributed by atoms with Crippen molar-refractivity contribution in [2.45, 2.75) is 6.92 Å². The van der Waals surface area contributed by atoms with Gasteiger partial charge in [-0.2, -0.15) is 5.10 Å². The van der Waals surface area contributed by atoms with E-state index in [-0.39, 0.29) is 29.0 Å². The second-order valence-electron chi connectivity index (χ2n) is 7.74. The first kappa shape index (κ1) is 28.7. The van der Waals surface area contributed by atoms with E-state index in [1.165, 1.54) is 12.3 Å². The number of amides is 3. The lowest BCUT2D eigenvalue weighted by molar-refractivity contribution is -0.136. The zero-order valence-electron chi connectivity index (χ0n) is 21.1. The van der Waals surface area contributed by atoms with E-state index in [0.29, 0.717) is 35.9 Å². The van der Waals surface area contributed by atoms with Gasteiger partial charge < -0.3 is 24.8 Å². The predicted octanol–water partition coefficient (Wildman–Crippen LogP) is 4.41. The SMILES string of the molecule is C=CCOc1ccc(NC(=O)C(=O)N/N=C\c2cc(Cl)c(OCC(=O)Nc3ccccc3)c(OCC)c2)cc1. The van der Waals surface area contributed by atoms with Gasteiger partial charge in [0.15, 0.2) is 18.1 Å². The summed E-state index contributed by atoms with van der Waals surface area (Å²) in [6.45, 7) is 5.72. The lowest BCUT2D eigenvalue weighted by atomic mass is 10.2. The van der Waals surface area contributed by atoms with Crippen LogP contribution >= 0.6 is 11.6 Å². The van der Waals surface area contributed by atoms with Crippen molar-refractivity contribution >= 4 is 46.9 Å². The molecule has 0 unspecified atom stereocenters. The Labute approximate surface area is 230 Å². The van der Waals surface area contributed by atoms with Gasteiger partial charge in [0.25, 0.3) is 5.91 Å². The van der Waals surface area contributed by atoms with Crippen molar-refractivity contribution in [3.63, 3.8) is 0 Å². The lowest BCUT2D eigenvalue weighted by Crippen LogP contribution is -2.32. The van der Waals surface area contributed by atoms with Gasteiger partial charge in [0.05, 0.1) is 17.8 Å². The molecule has 3 aromatic rings. The number of nitrogens with one attached hydrogen (secondary N) is 3. The predicted molar refractivity (Wildman–Crippen MR) is 150 cm³/mol. The fourth-order valence-corrected chi connectivity index (χ4v) is 3.39. The number of benzene rings is 3. The molecular weight excluding hydrogens is 524 g/mol.